The Hall–Kier alpha value is -5.11. The number of aryl methyl sites for hydroxylation is 1. The molecule has 5 rings (SSSR count). The number of benzene rings is 2. The Kier molecular flexibility index (Phi) is 7.96. The molecule has 1 N–H and O–H groups in total. The van der Waals surface area contributed by atoms with Crippen LogP contribution in [0.15, 0.2) is 78.8 Å². The fraction of sp³-hybridized carbons (Fsp3) is 0.345. The van der Waals surface area contributed by atoms with Crippen molar-refractivity contribution < 1.29 is 23.5 Å². The molecule has 0 aliphatic carbocycles. The van der Waals surface area contributed by atoms with Gasteiger partial charge in [-0.2, -0.15) is 0 Å². The van der Waals surface area contributed by atoms with E-state index in [-0.39, 0.29) is 35.4 Å². The Bertz CT molecular complexity index is 1730. The molecule has 0 amide bonds. The zero-order valence-electron chi connectivity index (χ0n) is 24.3. The minimum Gasteiger partial charge on any atom is -0.464 e. The van der Waals surface area contributed by atoms with Gasteiger partial charge in [-0.1, -0.05) is 66.7 Å². The molecule has 0 saturated carbocycles. The molecule has 1 aliphatic rings. The number of aliphatic hydroxyl groups is 1. The van der Waals surface area contributed by atoms with Crippen LogP contribution < -0.4 is 10.7 Å². The van der Waals surface area contributed by atoms with Gasteiger partial charge in [0.25, 0.3) is 0 Å². The van der Waals surface area contributed by atoms with Crippen LogP contribution in [0.2, 0.25) is 0 Å². The molecule has 2 aromatic carbocycles. The van der Waals surface area contributed by atoms with E-state index >= 15 is 0 Å². The minimum absolute atomic E-state index is 0.114. The van der Waals surface area contributed by atoms with Gasteiger partial charge in [0.2, 0.25) is 11.7 Å². The Labute approximate surface area is 246 Å². The summed E-state index contributed by atoms with van der Waals surface area (Å²) in [6.07, 6.45) is 0.770. The second-order valence-electron chi connectivity index (χ2n) is 10.5. The van der Waals surface area contributed by atoms with Crippen molar-refractivity contribution in [1.82, 2.24) is 25.2 Å². The highest BCUT2D eigenvalue weighted by Crippen LogP contribution is 2.43. The van der Waals surface area contributed by atoms with E-state index < -0.39 is 23.6 Å². The number of carbonyl (C=O) groups is 1. The summed E-state index contributed by atoms with van der Waals surface area (Å²) < 4.78 is 15.8. The van der Waals surface area contributed by atoms with E-state index in [0.29, 0.717) is 12.0 Å². The lowest BCUT2D eigenvalue weighted by atomic mass is 9.98. The lowest BCUT2D eigenvalue weighted by Crippen LogP contribution is -2.43. The Balaban J connectivity index is 1.57. The summed E-state index contributed by atoms with van der Waals surface area (Å²) in [5.41, 5.74) is 1.97. The van der Waals surface area contributed by atoms with Crippen LogP contribution in [0.25, 0.3) is 22.5 Å². The van der Waals surface area contributed by atoms with Crippen molar-refractivity contribution in [3.8, 4) is 22.5 Å². The van der Waals surface area contributed by atoms with Crippen molar-refractivity contribution in [2.45, 2.75) is 58.8 Å². The van der Waals surface area contributed by atoms with E-state index in [1.165, 1.54) is 7.11 Å². The van der Waals surface area contributed by atoms with Crippen LogP contribution in [-0.2, 0) is 16.1 Å². The Morgan fingerprint density at radius 1 is 1.12 bits per heavy atom. The fourth-order valence-corrected chi connectivity index (χ4v) is 5.42. The molecule has 1 aliphatic heterocycles. The van der Waals surface area contributed by atoms with Gasteiger partial charge in [0.1, 0.15) is 17.5 Å². The lowest BCUT2D eigenvalue weighted by Gasteiger charge is -2.34. The third-order valence-electron chi connectivity index (χ3n) is 7.17. The topological polar surface area (TPSA) is 169 Å². The van der Waals surface area contributed by atoms with Crippen LogP contribution in [0.4, 0.5) is 5.88 Å². The zero-order valence-corrected chi connectivity index (χ0v) is 24.3. The first-order valence-corrected chi connectivity index (χ1v) is 13.6. The number of rotatable bonds is 10. The van der Waals surface area contributed by atoms with Gasteiger partial charge in [-0.25, -0.2) is 9.59 Å². The van der Waals surface area contributed by atoms with Crippen LogP contribution in [0.5, 0.6) is 0 Å². The average Bonchev–Trinajstić information content (AvgIpc) is 3.68. The summed E-state index contributed by atoms with van der Waals surface area (Å²) in [7, 11) is 1.28. The van der Waals surface area contributed by atoms with E-state index in [1.54, 1.807) is 31.7 Å². The number of hydrogen-bond donors (Lipinski definition) is 1. The largest absolute Gasteiger partial charge is 0.520 e. The smallest absolute Gasteiger partial charge is 0.464 e. The summed E-state index contributed by atoms with van der Waals surface area (Å²) in [6, 6.07) is 15.0. The van der Waals surface area contributed by atoms with Gasteiger partial charge in [-0.15, -0.1) is 10.0 Å². The molecule has 0 spiro atoms. The number of hydrogen-bond acceptors (Lipinski definition) is 13. The monoisotopic (exact) mass is 589 g/mol. The molecule has 0 saturated heterocycles. The SMILES string of the molecule is CCCC1N(Cc2ccc(-c3ccccc3-c3nnnn3N=O)cc2)C(C(=O)OC)=C(C(C)(C)O)N1c1oc(=O)oc1C. The zero-order chi connectivity index (χ0) is 30.9. The van der Waals surface area contributed by atoms with Crippen molar-refractivity contribution in [3.05, 3.63) is 86.8 Å². The normalized spacial score (nSPS) is 15.3. The summed E-state index contributed by atoms with van der Waals surface area (Å²) in [5.74, 6) is -0.982. The molecule has 2 aromatic heterocycles. The van der Waals surface area contributed by atoms with E-state index in [9.17, 15) is 19.6 Å². The Morgan fingerprint density at radius 3 is 2.40 bits per heavy atom. The third kappa shape index (κ3) is 5.44. The van der Waals surface area contributed by atoms with Gasteiger partial charge in [-0.3, -0.25) is 4.90 Å². The van der Waals surface area contributed by atoms with Crippen LogP contribution in [0, 0.1) is 11.8 Å². The number of tetrazole rings is 1. The van der Waals surface area contributed by atoms with Gasteiger partial charge in [0.05, 0.1) is 18.1 Å². The predicted molar refractivity (Wildman–Crippen MR) is 154 cm³/mol. The number of ether oxygens (including phenoxy) is 1. The van der Waals surface area contributed by atoms with Crippen LogP contribution in [0.1, 0.15) is 44.9 Å². The van der Waals surface area contributed by atoms with Crippen LogP contribution in [0.3, 0.4) is 0 Å². The summed E-state index contributed by atoms with van der Waals surface area (Å²) in [4.78, 5) is 40.9. The molecule has 1 unspecified atom stereocenters. The van der Waals surface area contributed by atoms with Crippen LogP contribution in [-0.4, -0.2) is 55.2 Å². The maximum absolute atomic E-state index is 13.3. The molecule has 0 fully saturated rings. The Morgan fingerprint density at radius 2 is 1.81 bits per heavy atom. The first-order chi connectivity index (χ1) is 20.6. The van der Waals surface area contributed by atoms with E-state index in [1.807, 2.05) is 54.3 Å². The molecule has 224 valence electrons. The highest BCUT2D eigenvalue weighted by atomic mass is 16.6. The number of esters is 1. The molecule has 0 bridgehead atoms. The summed E-state index contributed by atoms with van der Waals surface area (Å²) in [5, 5.41) is 25.3. The van der Waals surface area contributed by atoms with Crippen molar-refractivity contribution in [1.29, 1.82) is 0 Å². The molecular formula is C29H31N7O7. The second-order valence-corrected chi connectivity index (χ2v) is 10.5. The molecule has 1 atom stereocenters. The van der Waals surface area contributed by atoms with E-state index in [4.69, 9.17) is 13.6 Å². The summed E-state index contributed by atoms with van der Waals surface area (Å²) >= 11 is 0. The lowest BCUT2D eigenvalue weighted by molar-refractivity contribution is -0.138. The number of anilines is 1. The first-order valence-electron chi connectivity index (χ1n) is 13.6. The number of nitrogens with zero attached hydrogens (tertiary/aromatic N) is 7. The molecule has 14 nitrogen and oxygen atoms in total. The van der Waals surface area contributed by atoms with Gasteiger partial charge >= 0.3 is 11.8 Å². The maximum atomic E-state index is 13.3. The van der Waals surface area contributed by atoms with Gasteiger partial charge in [0, 0.05) is 12.1 Å². The molecule has 14 heteroatoms. The molecule has 3 heterocycles. The second kappa shape index (κ2) is 11.6. The van der Waals surface area contributed by atoms with Crippen molar-refractivity contribution in [2.24, 2.45) is 5.29 Å². The maximum Gasteiger partial charge on any atom is 0.520 e. The van der Waals surface area contributed by atoms with Gasteiger partial charge in [0.15, 0.2) is 5.76 Å². The van der Waals surface area contributed by atoms with Crippen molar-refractivity contribution >= 4 is 11.9 Å². The number of aromatic nitrogens is 4. The standard InChI is InChI=1S/C29H31N7O7/c1-6-9-22-34(23(27(37)41-5)24(29(3,4)39)35(22)26-17(2)42-28(38)43-26)16-18-12-14-19(15-13-18)20-10-7-8-11-21(20)25-30-31-32-36(25)33-40/h7-8,10-15,22,39H,6,9,16H2,1-5H3. The van der Waals surface area contributed by atoms with Gasteiger partial charge < -0.3 is 23.6 Å². The molecule has 0 radical (unpaired) electrons. The fourth-order valence-electron chi connectivity index (χ4n) is 5.42. The minimum atomic E-state index is -1.52. The van der Waals surface area contributed by atoms with E-state index in [0.717, 1.165) is 27.9 Å². The highest BCUT2D eigenvalue weighted by Gasteiger charge is 2.48. The highest BCUT2D eigenvalue weighted by molar-refractivity contribution is 5.91. The van der Waals surface area contributed by atoms with Gasteiger partial charge in [-0.05, 0) is 54.3 Å². The molecular weight excluding hydrogens is 558 g/mol. The quantitative estimate of drug-likeness (QED) is 0.209. The van der Waals surface area contributed by atoms with E-state index in [2.05, 4.69) is 20.8 Å². The average molecular weight is 590 g/mol. The summed E-state index contributed by atoms with van der Waals surface area (Å²) in [6.45, 7) is 6.97. The van der Waals surface area contributed by atoms with Crippen molar-refractivity contribution in [3.63, 3.8) is 0 Å². The number of carbonyl (C=O) groups excluding carboxylic acids is 1. The predicted octanol–water partition coefficient (Wildman–Crippen LogP) is 4.00. The van der Waals surface area contributed by atoms with Crippen molar-refractivity contribution in [2.75, 3.05) is 12.0 Å². The number of nitroso groups, excluding NO2 is 1. The molecule has 43 heavy (non-hydrogen) atoms. The molecule has 4 aromatic rings. The first kappa shape index (κ1) is 29.4. The number of methoxy groups -OCH3 is 1. The third-order valence-corrected chi connectivity index (χ3v) is 7.17. The van der Waals surface area contributed by atoms with Crippen LogP contribution >= 0.6 is 0 Å².